The fraction of sp³-hybridized carbons (Fsp3) is 0.235. The van der Waals surface area contributed by atoms with E-state index in [1.807, 2.05) is 18.2 Å². The SMILES string of the molecule is CNc1snc(C)c1C(=O)OCc1cc2ccc(OC)cc2nc1Cl. The lowest BCUT2D eigenvalue weighted by Gasteiger charge is -2.09. The number of carbonyl (C=O) groups is 1. The maximum absolute atomic E-state index is 12.4. The molecule has 0 radical (unpaired) electrons. The van der Waals surface area contributed by atoms with Crippen molar-refractivity contribution >= 4 is 45.0 Å². The Morgan fingerprint density at radius 1 is 1.36 bits per heavy atom. The van der Waals surface area contributed by atoms with Gasteiger partial charge in [-0.05, 0) is 36.7 Å². The fourth-order valence-electron chi connectivity index (χ4n) is 2.39. The van der Waals surface area contributed by atoms with Crippen molar-refractivity contribution < 1.29 is 14.3 Å². The minimum atomic E-state index is -0.443. The molecule has 1 N–H and O–H groups in total. The number of anilines is 1. The quantitative estimate of drug-likeness (QED) is 0.534. The number of aromatic nitrogens is 2. The van der Waals surface area contributed by atoms with Gasteiger partial charge in [0.05, 0.1) is 18.3 Å². The van der Waals surface area contributed by atoms with Gasteiger partial charge in [0.15, 0.2) is 0 Å². The normalized spacial score (nSPS) is 10.7. The molecule has 2 aromatic heterocycles. The molecule has 0 unspecified atom stereocenters. The Balaban J connectivity index is 1.82. The summed E-state index contributed by atoms with van der Waals surface area (Å²) in [5.41, 5.74) is 2.44. The number of hydrogen-bond donors (Lipinski definition) is 1. The number of benzene rings is 1. The number of nitrogens with one attached hydrogen (secondary N) is 1. The topological polar surface area (TPSA) is 73.3 Å². The molecule has 3 rings (SSSR count). The summed E-state index contributed by atoms with van der Waals surface area (Å²) in [5.74, 6) is 0.261. The molecule has 0 aliphatic heterocycles. The zero-order chi connectivity index (χ0) is 18.0. The highest BCUT2D eigenvalue weighted by Crippen LogP contribution is 2.27. The highest BCUT2D eigenvalue weighted by Gasteiger charge is 2.19. The first-order valence-electron chi connectivity index (χ1n) is 7.47. The average Bonchev–Trinajstić information content (AvgIpc) is 2.99. The van der Waals surface area contributed by atoms with E-state index in [9.17, 15) is 4.79 Å². The molecule has 0 atom stereocenters. The van der Waals surface area contributed by atoms with Crippen LogP contribution in [0.1, 0.15) is 21.6 Å². The van der Waals surface area contributed by atoms with Crippen LogP contribution in [0.2, 0.25) is 5.15 Å². The van der Waals surface area contributed by atoms with Crippen molar-refractivity contribution in [2.75, 3.05) is 19.5 Å². The first-order chi connectivity index (χ1) is 12.0. The van der Waals surface area contributed by atoms with E-state index in [0.717, 1.165) is 10.9 Å². The van der Waals surface area contributed by atoms with Gasteiger partial charge in [-0.3, -0.25) is 0 Å². The second-order valence-corrected chi connectivity index (χ2v) is 6.43. The number of carbonyl (C=O) groups excluding carboxylic acids is 1. The predicted molar refractivity (Wildman–Crippen MR) is 98.8 cm³/mol. The number of esters is 1. The van der Waals surface area contributed by atoms with Gasteiger partial charge in [0, 0.05) is 24.1 Å². The molecule has 0 spiro atoms. The van der Waals surface area contributed by atoms with E-state index in [1.165, 1.54) is 11.5 Å². The molecule has 130 valence electrons. The summed E-state index contributed by atoms with van der Waals surface area (Å²) in [6.07, 6.45) is 0. The lowest BCUT2D eigenvalue weighted by molar-refractivity contribution is 0.0473. The Kier molecular flexibility index (Phi) is 5.06. The largest absolute Gasteiger partial charge is 0.497 e. The van der Waals surface area contributed by atoms with E-state index in [0.29, 0.717) is 32.7 Å². The molecule has 3 aromatic rings. The summed E-state index contributed by atoms with van der Waals surface area (Å²) in [4.78, 5) is 16.7. The van der Waals surface area contributed by atoms with Crippen LogP contribution in [0.15, 0.2) is 24.3 Å². The number of hydrogen-bond acceptors (Lipinski definition) is 7. The van der Waals surface area contributed by atoms with E-state index >= 15 is 0 Å². The summed E-state index contributed by atoms with van der Waals surface area (Å²) in [5, 5.41) is 4.81. The monoisotopic (exact) mass is 377 g/mol. The van der Waals surface area contributed by atoms with E-state index < -0.39 is 5.97 Å². The van der Waals surface area contributed by atoms with Crippen molar-refractivity contribution in [1.29, 1.82) is 0 Å². The molecular weight excluding hydrogens is 362 g/mol. The number of methoxy groups -OCH3 is 1. The third-order valence-corrected chi connectivity index (χ3v) is 4.99. The van der Waals surface area contributed by atoms with E-state index in [2.05, 4.69) is 14.7 Å². The van der Waals surface area contributed by atoms with Crippen molar-refractivity contribution in [2.45, 2.75) is 13.5 Å². The number of rotatable bonds is 5. The lowest BCUT2D eigenvalue weighted by atomic mass is 10.1. The molecule has 0 bridgehead atoms. The van der Waals surface area contributed by atoms with Gasteiger partial charge in [-0.15, -0.1) is 0 Å². The standard InChI is InChI=1S/C17H16ClN3O3S/c1-9-14(16(19-2)25-21-9)17(22)24-8-11-6-10-4-5-12(23-3)7-13(10)20-15(11)18/h4-7,19H,8H2,1-3H3. The van der Waals surface area contributed by atoms with Crippen LogP contribution in [0.5, 0.6) is 5.75 Å². The number of aryl methyl sites for hydroxylation is 1. The van der Waals surface area contributed by atoms with Crippen LogP contribution in [0, 0.1) is 6.92 Å². The zero-order valence-corrected chi connectivity index (χ0v) is 15.5. The molecule has 8 heteroatoms. The van der Waals surface area contributed by atoms with E-state index in [-0.39, 0.29) is 6.61 Å². The molecule has 0 fully saturated rings. The zero-order valence-electron chi connectivity index (χ0n) is 13.9. The summed E-state index contributed by atoms with van der Waals surface area (Å²) < 4.78 is 14.8. The van der Waals surface area contributed by atoms with Gasteiger partial charge < -0.3 is 14.8 Å². The number of fused-ring (bicyclic) bond motifs is 1. The predicted octanol–water partition coefficient (Wildman–Crippen LogP) is 4.06. The van der Waals surface area contributed by atoms with Crippen LogP contribution in [-0.2, 0) is 11.3 Å². The minimum Gasteiger partial charge on any atom is -0.497 e. The Hall–Kier alpha value is -2.38. The highest BCUT2D eigenvalue weighted by molar-refractivity contribution is 7.10. The van der Waals surface area contributed by atoms with Gasteiger partial charge in [0.1, 0.15) is 28.1 Å². The number of ether oxygens (including phenoxy) is 2. The average molecular weight is 378 g/mol. The van der Waals surface area contributed by atoms with Gasteiger partial charge in [0.2, 0.25) is 0 Å². The van der Waals surface area contributed by atoms with Gasteiger partial charge in [-0.2, -0.15) is 4.37 Å². The van der Waals surface area contributed by atoms with Crippen molar-refractivity contribution in [1.82, 2.24) is 9.36 Å². The molecule has 0 amide bonds. The van der Waals surface area contributed by atoms with Crippen LogP contribution in [-0.4, -0.2) is 29.5 Å². The molecule has 25 heavy (non-hydrogen) atoms. The van der Waals surface area contributed by atoms with Gasteiger partial charge in [0.25, 0.3) is 0 Å². The Morgan fingerprint density at radius 3 is 2.88 bits per heavy atom. The van der Waals surface area contributed by atoms with Gasteiger partial charge in [-0.1, -0.05) is 11.6 Å². The van der Waals surface area contributed by atoms with Crippen molar-refractivity contribution in [3.05, 3.63) is 46.2 Å². The molecule has 0 saturated carbocycles. The molecule has 0 aliphatic carbocycles. The van der Waals surface area contributed by atoms with Crippen LogP contribution >= 0.6 is 23.1 Å². The third kappa shape index (κ3) is 3.52. The smallest absolute Gasteiger partial charge is 0.343 e. The number of pyridine rings is 1. The summed E-state index contributed by atoms with van der Waals surface area (Å²) >= 11 is 7.45. The summed E-state index contributed by atoms with van der Waals surface area (Å²) in [7, 11) is 3.33. The summed E-state index contributed by atoms with van der Waals surface area (Å²) in [6.45, 7) is 1.80. The maximum atomic E-state index is 12.4. The Labute approximate surface area is 153 Å². The second kappa shape index (κ2) is 7.25. The van der Waals surface area contributed by atoms with Crippen LogP contribution in [0.25, 0.3) is 10.9 Å². The first-order valence-corrected chi connectivity index (χ1v) is 8.63. The molecule has 6 nitrogen and oxygen atoms in total. The van der Waals surface area contributed by atoms with Gasteiger partial charge >= 0.3 is 5.97 Å². The van der Waals surface area contributed by atoms with Crippen LogP contribution in [0.3, 0.4) is 0 Å². The lowest BCUT2D eigenvalue weighted by Crippen LogP contribution is -2.08. The fourth-order valence-corrected chi connectivity index (χ4v) is 3.32. The van der Waals surface area contributed by atoms with Gasteiger partial charge in [-0.25, -0.2) is 9.78 Å². The minimum absolute atomic E-state index is 0.0328. The first kappa shape index (κ1) is 17.4. The molecule has 2 heterocycles. The Morgan fingerprint density at radius 2 is 2.16 bits per heavy atom. The van der Waals surface area contributed by atoms with Crippen molar-refractivity contribution in [3.63, 3.8) is 0 Å². The molecule has 0 saturated heterocycles. The maximum Gasteiger partial charge on any atom is 0.343 e. The van der Waals surface area contributed by atoms with Crippen LogP contribution < -0.4 is 10.1 Å². The number of nitrogens with zero attached hydrogens (tertiary/aromatic N) is 2. The third-order valence-electron chi connectivity index (χ3n) is 3.70. The number of halogens is 1. The van der Waals surface area contributed by atoms with E-state index in [4.69, 9.17) is 21.1 Å². The summed E-state index contributed by atoms with van der Waals surface area (Å²) in [6, 6.07) is 7.38. The molecule has 0 aliphatic rings. The second-order valence-electron chi connectivity index (χ2n) is 5.30. The molecule has 1 aromatic carbocycles. The molecular formula is C17H16ClN3O3S. The highest BCUT2D eigenvalue weighted by atomic mass is 35.5. The van der Waals surface area contributed by atoms with E-state index in [1.54, 1.807) is 27.1 Å². The van der Waals surface area contributed by atoms with Crippen molar-refractivity contribution in [2.24, 2.45) is 0 Å². The Bertz CT molecular complexity index is 942. The van der Waals surface area contributed by atoms with Crippen molar-refractivity contribution in [3.8, 4) is 5.75 Å². The van der Waals surface area contributed by atoms with Crippen LogP contribution in [0.4, 0.5) is 5.00 Å².